The maximum Gasteiger partial charge on any atom is 0.302 e. The number of carbonyl (C=O) groups is 5. The summed E-state index contributed by atoms with van der Waals surface area (Å²) in [5.41, 5.74) is 7.16. The Morgan fingerprint density at radius 2 is 1.69 bits per heavy atom. The summed E-state index contributed by atoms with van der Waals surface area (Å²) in [5.74, 6) is -1.72. The van der Waals surface area contributed by atoms with Gasteiger partial charge in [0.25, 0.3) is 5.91 Å². The maximum absolute atomic E-state index is 13.4. The lowest BCUT2D eigenvalue weighted by molar-refractivity contribution is -0.141. The molecule has 0 bridgehead atoms. The Morgan fingerprint density at radius 3 is 2.36 bits per heavy atom. The topological polar surface area (TPSA) is 148 Å². The Morgan fingerprint density at radius 1 is 1.00 bits per heavy atom. The van der Waals surface area contributed by atoms with Gasteiger partial charge in [0.2, 0.25) is 11.8 Å². The van der Waals surface area contributed by atoms with Gasteiger partial charge < -0.3 is 25.4 Å². The number of carbonyl (C=O) groups excluding carboxylic acids is 5. The molecule has 36 heavy (non-hydrogen) atoms. The van der Waals surface area contributed by atoms with Crippen molar-refractivity contribution in [3.63, 3.8) is 0 Å². The predicted molar refractivity (Wildman–Crippen MR) is 129 cm³/mol. The SMILES string of the molecule is CC(=O)OCCOc1ccc(C(=O)N2CC(=O)N(CC(=O)N[C@H](N)C(C)=O)Cc3ccccc32)cc1. The normalized spacial score (nSPS) is 13.8. The number of amides is 3. The lowest BCUT2D eigenvalue weighted by Gasteiger charge is -2.23. The summed E-state index contributed by atoms with van der Waals surface area (Å²) in [6, 6.07) is 13.4. The van der Waals surface area contributed by atoms with Crippen LogP contribution in [-0.2, 0) is 30.5 Å². The number of ketones is 1. The Hall–Kier alpha value is -4.25. The van der Waals surface area contributed by atoms with Gasteiger partial charge in [-0.2, -0.15) is 0 Å². The zero-order chi connectivity index (χ0) is 26.2. The third kappa shape index (κ3) is 6.89. The third-order valence-electron chi connectivity index (χ3n) is 5.38. The molecule has 2 aromatic rings. The van der Waals surface area contributed by atoms with Crippen molar-refractivity contribution in [2.75, 3.05) is 31.2 Å². The molecule has 11 nitrogen and oxygen atoms in total. The highest BCUT2D eigenvalue weighted by molar-refractivity contribution is 6.09. The summed E-state index contributed by atoms with van der Waals surface area (Å²) in [4.78, 5) is 63.6. The number of benzene rings is 2. The lowest BCUT2D eigenvalue weighted by atomic mass is 10.1. The van der Waals surface area contributed by atoms with E-state index in [2.05, 4.69) is 5.32 Å². The minimum atomic E-state index is -1.15. The van der Waals surface area contributed by atoms with Crippen LogP contribution in [0.25, 0.3) is 0 Å². The highest BCUT2D eigenvalue weighted by Crippen LogP contribution is 2.27. The van der Waals surface area contributed by atoms with Crippen molar-refractivity contribution in [1.29, 1.82) is 0 Å². The van der Waals surface area contributed by atoms with Crippen molar-refractivity contribution in [2.24, 2.45) is 5.73 Å². The number of nitrogens with zero attached hydrogens (tertiary/aromatic N) is 2. The summed E-state index contributed by atoms with van der Waals surface area (Å²) in [5, 5.41) is 2.36. The van der Waals surface area contributed by atoms with Crippen molar-refractivity contribution in [3.8, 4) is 5.75 Å². The lowest BCUT2D eigenvalue weighted by Crippen LogP contribution is -2.51. The molecule has 2 aromatic carbocycles. The van der Waals surface area contributed by atoms with Crippen molar-refractivity contribution in [2.45, 2.75) is 26.6 Å². The predicted octanol–water partition coefficient (Wildman–Crippen LogP) is 0.608. The molecule has 3 amide bonds. The highest BCUT2D eigenvalue weighted by Gasteiger charge is 2.30. The van der Waals surface area contributed by atoms with Gasteiger partial charge in [0.05, 0.1) is 6.54 Å². The van der Waals surface area contributed by atoms with Crippen LogP contribution in [0.3, 0.4) is 0 Å². The van der Waals surface area contributed by atoms with Gasteiger partial charge in [0.15, 0.2) is 5.78 Å². The number of anilines is 1. The van der Waals surface area contributed by atoms with E-state index in [-0.39, 0.29) is 32.8 Å². The number of nitrogens with one attached hydrogen (secondary N) is 1. The summed E-state index contributed by atoms with van der Waals surface area (Å²) < 4.78 is 10.3. The quantitative estimate of drug-likeness (QED) is 0.291. The number of hydrogen-bond acceptors (Lipinski definition) is 8. The zero-order valence-corrected chi connectivity index (χ0v) is 20.1. The second kappa shape index (κ2) is 11.9. The average molecular weight is 497 g/mol. The van der Waals surface area contributed by atoms with Crippen LogP contribution in [0.15, 0.2) is 48.5 Å². The summed E-state index contributed by atoms with van der Waals surface area (Å²) >= 11 is 0. The number of Topliss-reactive ketones (excluding diaryl/α,β-unsaturated/α-hetero) is 1. The molecular weight excluding hydrogens is 468 g/mol. The van der Waals surface area contributed by atoms with Crippen LogP contribution in [0.4, 0.5) is 5.69 Å². The molecule has 0 aliphatic carbocycles. The fourth-order valence-electron chi connectivity index (χ4n) is 3.54. The van der Waals surface area contributed by atoms with E-state index in [0.717, 1.165) is 0 Å². The van der Waals surface area contributed by atoms with Gasteiger partial charge in [-0.15, -0.1) is 0 Å². The van der Waals surface area contributed by atoms with Gasteiger partial charge >= 0.3 is 5.97 Å². The standard InChI is InChI=1S/C25H28N4O7/c1-16(30)24(26)27-22(32)14-28-13-19-5-3-4-6-21(19)29(15-23(28)33)25(34)18-7-9-20(10-8-18)36-12-11-35-17(2)31/h3-10,24H,11-15,26H2,1-2H3,(H,27,32)/t24-/m0/s1. The van der Waals surface area contributed by atoms with Crippen molar-refractivity contribution in [3.05, 3.63) is 59.7 Å². The number of fused-ring (bicyclic) bond motifs is 1. The van der Waals surface area contributed by atoms with Gasteiger partial charge in [-0.1, -0.05) is 18.2 Å². The Balaban J connectivity index is 1.73. The smallest absolute Gasteiger partial charge is 0.302 e. The van der Waals surface area contributed by atoms with Crippen LogP contribution in [0.2, 0.25) is 0 Å². The summed E-state index contributed by atoms with van der Waals surface area (Å²) in [6.07, 6.45) is -1.15. The number of esters is 1. The minimum absolute atomic E-state index is 0.108. The molecule has 0 spiro atoms. The van der Waals surface area contributed by atoms with Crippen molar-refractivity contribution >= 4 is 35.2 Å². The van der Waals surface area contributed by atoms with E-state index in [9.17, 15) is 24.0 Å². The third-order valence-corrected chi connectivity index (χ3v) is 5.38. The van der Waals surface area contributed by atoms with Gasteiger partial charge in [0, 0.05) is 24.7 Å². The van der Waals surface area contributed by atoms with Gasteiger partial charge in [-0.25, -0.2) is 0 Å². The Kier molecular flexibility index (Phi) is 8.74. The van der Waals surface area contributed by atoms with Crippen LogP contribution in [0.1, 0.15) is 29.8 Å². The summed E-state index contributed by atoms with van der Waals surface area (Å²) in [6.45, 7) is 2.36. The zero-order valence-electron chi connectivity index (χ0n) is 20.1. The average Bonchev–Trinajstić information content (AvgIpc) is 2.98. The molecule has 1 aliphatic heterocycles. The molecule has 0 saturated heterocycles. The molecule has 3 N–H and O–H groups in total. The molecule has 1 atom stereocenters. The summed E-state index contributed by atoms with van der Waals surface area (Å²) in [7, 11) is 0. The van der Waals surface area contributed by atoms with E-state index >= 15 is 0 Å². The van der Waals surface area contributed by atoms with Crippen LogP contribution in [-0.4, -0.2) is 66.8 Å². The maximum atomic E-state index is 13.4. The molecule has 0 saturated carbocycles. The molecule has 0 aromatic heterocycles. The Labute approximate surface area is 208 Å². The molecule has 0 radical (unpaired) electrons. The van der Waals surface area contributed by atoms with Crippen LogP contribution >= 0.6 is 0 Å². The monoisotopic (exact) mass is 496 g/mol. The second-order valence-corrected chi connectivity index (χ2v) is 8.14. The molecule has 3 rings (SSSR count). The van der Waals surface area contributed by atoms with E-state index in [1.807, 2.05) is 0 Å². The molecular formula is C25H28N4O7. The first-order valence-corrected chi connectivity index (χ1v) is 11.2. The van der Waals surface area contributed by atoms with Crippen molar-refractivity contribution < 1.29 is 33.4 Å². The highest BCUT2D eigenvalue weighted by atomic mass is 16.6. The fourth-order valence-corrected chi connectivity index (χ4v) is 3.54. The fraction of sp³-hybridized carbons (Fsp3) is 0.320. The van der Waals surface area contributed by atoms with Gasteiger partial charge in [-0.3, -0.25) is 28.9 Å². The van der Waals surface area contributed by atoms with E-state index in [1.54, 1.807) is 48.5 Å². The molecule has 190 valence electrons. The molecule has 1 aliphatic rings. The largest absolute Gasteiger partial charge is 0.490 e. The first-order chi connectivity index (χ1) is 17.2. The Bertz CT molecular complexity index is 1150. The van der Waals surface area contributed by atoms with E-state index in [0.29, 0.717) is 22.6 Å². The first-order valence-electron chi connectivity index (χ1n) is 11.2. The number of para-hydroxylation sites is 1. The first kappa shape index (κ1) is 26.4. The molecule has 0 unspecified atom stereocenters. The van der Waals surface area contributed by atoms with Crippen LogP contribution < -0.4 is 20.7 Å². The van der Waals surface area contributed by atoms with Crippen molar-refractivity contribution in [1.82, 2.24) is 10.2 Å². The molecule has 1 heterocycles. The number of nitrogens with two attached hydrogens (primary N) is 1. The number of rotatable bonds is 9. The minimum Gasteiger partial charge on any atom is -0.490 e. The van der Waals surface area contributed by atoms with E-state index < -0.39 is 35.6 Å². The number of ether oxygens (including phenoxy) is 2. The number of hydrogen-bond donors (Lipinski definition) is 2. The van der Waals surface area contributed by atoms with Gasteiger partial charge in [0.1, 0.15) is 31.7 Å². The molecule has 11 heteroatoms. The van der Waals surface area contributed by atoms with Gasteiger partial charge in [-0.05, 0) is 42.8 Å². The van der Waals surface area contributed by atoms with E-state index in [1.165, 1.54) is 23.6 Å². The molecule has 0 fully saturated rings. The second-order valence-electron chi connectivity index (χ2n) is 8.14. The van der Waals surface area contributed by atoms with E-state index in [4.69, 9.17) is 15.2 Å². The van der Waals surface area contributed by atoms with Crippen LogP contribution in [0, 0.1) is 0 Å². The van der Waals surface area contributed by atoms with Crippen LogP contribution in [0.5, 0.6) is 5.75 Å².